The van der Waals surface area contributed by atoms with Gasteiger partial charge in [-0.15, -0.1) is 0 Å². The van der Waals surface area contributed by atoms with Crippen molar-refractivity contribution in [3.05, 3.63) is 71.3 Å². The van der Waals surface area contributed by atoms with Gasteiger partial charge in [-0.25, -0.2) is 0 Å². The molecule has 0 aliphatic carbocycles. The minimum atomic E-state index is 0.330. The first-order valence-electron chi connectivity index (χ1n) is 8.71. The molecule has 0 aliphatic heterocycles. The van der Waals surface area contributed by atoms with E-state index in [9.17, 15) is 5.11 Å². The highest BCUT2D eigenvalue weighted by molar-refractivity contribution is 5.83. The Morgan fingerprint density at radius 2 is 1.62 bits per heavy atom. The summed E-state index contributed by atoms with van der Waals surface area (Å²) >= 11 is 0. The molecular weight excluding hydrogens is 294 g/mol. The summed E-state index contributed by atoms with van der Waals surface area (Å²) in [6, 6.07) is 17.0. The third-order valence-electron chi connectivity index (χ3n) is 4.36. The van der Waals surface area contributed by atoms with Crippen LogP contribution in [0, 0.1) is 6.92 Å². The van der Waals surface area contributed by atoms with E-state index in [4.69, 9.17) is 0 Å². The fraction of sp³-hybridized carbons (Fsp3) is 0.364. The molecule has 0 atom stereocenters. The number of aromatic hydroxyl groups is 1. The van der Waals surface area contributed by atoms with Crippen LogP contribution in [0.1, 0.15) is 44.4 Å². The van der Waals surface area contributed by atoms with Crippen molar-refractivity contribution in [2.45, 2.75) is 46.7 Å². The SMILES string of the molecule is Cc1ccc(O)c(/C(=C\CN(C(C)C)C(C)C)c2ccccc2)c1. The Kier molecular flexibility index (Phi) is 6.22. The second-order valence-electron chi connectivity index (χ2n) is 6.89. The Balaban J connectivity index is 2.48. The average Bonchev–Trinajstić information content (AvgIpc) is 2.54. The lowest BCUT2D eigenvalue weighted by molar-refractivity contribution is 0.196. The van der Waals surface area contributed by atoms with Crippen molar-refractivity contribution in [1.82, 2.24) is 4.90 Å². The van der Waals surface area contributed by atoms with Gasteiger partial charge in [-0.1, -0.05) is 48.0 Å². The molecule has 0 radical (unpaired) electrons. The highest BCUT2D eigenvalue weighted by Gasteiger charge is 2.14. The highest BCUT2D eigenvalue weighted by Crippen LogP contribution is 2.31. The Hall–Kier alpha value is -2.06. The number of hydrogen-bond donors (Lipinski definition) is 1. The summed E-state index contributed by atoms with van der Waals surface area (Å²) in [7, 11) is 0. The van der Waals surface area contributed by atoms with Gasteiger partial charge in [0.05, 0.1) is 0 Å². The van der Waals surface area contributed by atoms with Gasteiger partial charge < -0.3 is 5.11 Å². The molecule has 0 aliphatic rings. The standard InChI is InChI=1S/C22H29NO/c1-16(2)23(17(3)4)14-13-20(19-9-7-6-8-10-19)21-15-18(5)11-12-22(21)24/h6-13,15-17,24H,14H2,1-5H3/b20-13-. The fourth-order valence-corrected chi connectivity index (χ4v) is 3.08. The van der Waals surface area contributed by atoms with Crippen molar-refractivity contribution >= 4 is 5.57 Å². The molecular formula is C22H29NO. The van der Waals surface area contributed by atoms with Gasteiger partial charge in [0.2, 0.25) is 0 Å². The van der Waals surface area contributed by atoms with Crippen molar-refractivity contribution < 1.29 is 5.11 Å². The highest BCUT2D eigenvalue weighted by atomic mass is 16.3. The van der Waals surface area contributed by atoms with Crippen LogP contribution in [0.3, 0.4) is 0 Å². The second kappa shape index (κ2) is 8.16. The molecule has 0 saturated carbocycles. The molecule has 0 spiro atoms. The number of rotatable bonds is 6. The Bertz CT molecular complexity index is 678. The zero-order valence-electron chi connectivity index (χ0n) is 15.5. The zero-order chi connectivity index (χ0) is 17.7. The van der Waals surface area contributed by atoms with Gasteiger partial charge in [-0.3, -0.25) is 4.90 Å². The third kappa shape index (κ3) is 4.48. The maximum absolute atomic E-state index is 10.4. The van der Waals surface area contributed by atoms with Crippen LogP contribution in [0.25, 0.3) is 5.57 Å². The number of aryl methyl sites for hydroxylation is 1. The molecule has 1 N–H and O–H groups in total. The molecule has 128 valence electrons. The van der Waals surface area contributed by atoms with Crippen LogP contribution in [-0.4, -0.2) is 28.6 Å². The lowest BCUT2D eigenvalue weighted by atomic mass is 9.95. The Labute approximate surface area is 146 Å². The minimum Gasteiger partial charge on any atom is -0.507 e. The average molecular weight is 323 g/mol. The van der Waals surface area contributed by atoms with Gasteiger partial charge in [0.1, 0.15) is 5.75 Å². The summed E-state index contributed by atoms with van der Waals surface area (Å²) in [6.45, 7) is 11.8. The largest absolute Gasteiger partial charge is 0.507 e. The number of phenols is 1. The summed E-state index contributed by atoms with van der Waals surface area (Å²) in [5.41, 5.74) is 4.26. The molecule has 0 fully saturated rings. The van der Waals surface area contributed by atoms with Gasteiger partial charge in [0.25, 0.3) is 0 Å². The lowest BCUT2D eigenvalue weighted by Crippen LogP contribution is -2.37. The predicted molar refractivity (Wildman–Crippen MR) is 103 cm³/mol. The molecule has 2 aromatic carbocycles. The Morgan fingerprint density at radius 3 is 2.21 bits per heavy atom. The van der Waals surface area contributed by atoms with E-state index >= 15 is 0 Å². The maximum atomic E-state index is 10.4. The molecule has 24 heavy (non-hydrogen) atoms. The van der Waals surface area contributed by atoms with Crippen molar-refractivity contribution in [1.29, 1.82) is 0 Å². The summed E-state index contributed by atoms with van der Waals surface area (Å²) in [5.74, 6) is 0.330. The fourth-order valence-electron chi connectivity index (χ4n) is 3.08. The van der Waals surface area contributed by atoms with Crippen molar-refractivity contribution in [2.24, 2.45) is 0 Å². The number of hydrogen-bond acceptors (Lipinski definition) is 2. The number of benzene rings is 2. The summed E-state index contributed by atoms with van der Waals surface area (Å²) < 4.78 is 0. The summed E-state index contributed by atoms with van der Waals surface area (Å²) in [4.78, 5) is 2.44. The number of phenolic OH excluding ortho intramolecular Hbond substituents is 1. The van der Waals surface area contributed by atoms with Crippen LogP contribution >= 0.6 is 0 Å². The molecule has 0 aromatic heterocycles. The van der Waals surface area contributed by atoms with Crippen LogP contribution in [-0.2, 0) is 0 Å². The van der Waals surface area contributed by atoms with Gasteiger partial charge >= 0.3 is 0 Å². The summed E-state index contributed by atoms with van der Waals surface area (Å²) in [5, 5.41) is 10.4. The normalized spacial score (nSPS) is 12.4. The molecule has 0 amide bonds. The topological polar surface area (TPSA) is 23.5 Å². The smallest absolute Gasteiger partial charge is 0.123 e. The molecule has 0 bridgehead atoms. The monoisotopic (exact) mass is 323 g/mol. The first kappa shape index (κ1) is 18.3. The van der Waals surface area contributed by atoms with E-state index in [0.29, 0.717) is 17.8 Å². The molecule has 2 aromatic rings. The van der Waals surface area contributed by atoms with E-state index in [0.717, 1.165) is 28.8 Å². The molecule has 0 unspecified atom stereocenters. The van der Waals surface area contributed by atoms with E-state index in [1.165, 1.54) is 0 Å². The van der Waals surface area contributed by atoms with Gasteiger partial charge in [-0.05, 0) is 57.9 Å². The van der Waals surface area contributed by atoms with Crippen LogP contribution in [0.4, 0.5) is 0 Å². The van der Waals surface area contributed by atoms with Crippen LogP contribution in [0.15, 0.2) is 54.6 Å². The van der Waals surface area contributed by atoms with Gasteiger partial charge in [0.15, 0.2) is 0 Å². The molecule has 2 heteroatoms. The van der Waals surface area contributed by atoms with E-state index in [2.05, 4.69) is 63.8 Å². The van der Waals surface area contributed by atoms with Crippen LogP contribution in [0.5, 0.6) is 5.75 Å². The van der Waals surface area contributed by atoms with Crippen molar-refractivity contribution in [2.75, 3.05) is 6.54 Å². The van der Waals surface area contributed by atoms with Crippen molar-refractivity contribution in [3.8, 4) is 5.75 Å². The molecule has 0 saturated heterocycles. The second-order valence-corrected chi connectivity index (χ2v) is 6.89. The lowest BCUT2D eigenvalue weighted by Gasteiger charge is -2.29. The van der Waals surface area contributed by atoms with E-state index in [-0.39, 0.29) is 0 Å². The molecule has 2 rings (SSSR count). The zero-order valence-corrected chi connectivity index (χ0v) is 15.5. The quantitative estimate of drug-likeness (QED) is 0.784. The van der Waals surface area contributed by atoms with E-state index in [1.54, 1.807) is 6.07 Å². The summed E-state index contributed by atoms with van der Waals surface area (Å²) in [6.07, 6.45) is 2.24. The van der Waals surface area contributed by atoms with Crippen molar-refractivity contribution in [3.63, 3.8) is 0 Å². The first-order valence-corrected chi connectivity index (χ1v) is 8.71. The third-order valence-corrected chi connectivity index (χ3v) is 4.36. The molecule has 2 nitrogen and oxygen atoms in total. The minimum absolute atomic E-state index is 0.330. The van der Waals surface area contributed by atoms with Gasteiger partial charge in [0, 0.05) is 24.2 Å². The van der Waals surface area contributed by atoms with E-state index in [1.807, 2.05) is 24.3 Å². The molecule has 0 heterocycles. The van der Waals surface area contributed by atoms with Gasteiger partial charge in [-0.2, -0.15) is 0 Å². The van der Waals surface area contributed by atoms with Crippen LogP contribution < -0.4 is 0 Å². The maximum Gasteiger partial charge on any atom is 0.123 e. The Morgan fingerprint density at radius 1 is 1.00 bits per heavy atom. The van der Waals surface area contributed by atoms with E-state index < -0.39 is 0 Å². The number of nitrogens with zero attached hydrogens (tertiary/aromatic N) is 1. The predicted octanol–water partition coefficient (Wildman–Crippen LogP) is 5.25. The van der Waals surface area contributed by atoms with Crippen LogP contribution in [0.2, 0.25) is 0 Å². The first-order chi connectivity index (χ1) is 11.4.